The van der Waals surface area contributed by atoms with Gasteiger partial charge in [-0.1, -0.05) is 23.7 Å². The summed E-state index contributed by atoms with van der Waals surface area (Å²) >= 11 is 7.35. The summed E-state index contributed by atoms with van der Waals surface area (Å²) in [6, 6.07) is 7.28. The molecule has 116 valence electrons. The molecule has 0 unspecified atom stereocenters. The van der Waals surface area contributed by atoms with Crippen molar-refractivity contribution in [1.29, 1.82) is 0 Å². The molecule has 21 heavy (non-hydrogen) atoms. The van der Waals surface area contributed by atoms with Gasteiger partial charge in [-0.2, -0.15) is 0 Å². The molecule has 0 fully saturated rings. The van der Waals surface area contributed by atoms with Crippen molar-refractivity contribution in [2.75, 3.05) is 5.75 Å². The molecule has 0 radical (unpaired) electrons. The normalized spacial score (nSPS) is 12.0. The average molecular weight is 330 g/mol. The summed E-state index contributed by atoms with van der Waals surface area (Å²) in [6.07, 6.45) is 0. The number of carboxylic acids is 1. The Labute approximate surface area is 134 Å². The summed E-state index contributed by atoms with van der Waals surface area (Å²) in [7, 11) is 0. The van der Waals surface area contributed by atoms with E-state index in [1.807, 2.05) is 18.2 Å². The Morgan fingerprint density at radius 3 is 2.33 bits per heavy atom. The number of hydrogen-bond acceptors (Lipinski definition) is 3. The van der Waals surface area contributed by atoms with Gasteiger partial charge in [-0.15, -0.1) is 11.8 Å². The Morgan fingerprint density at radius 1 is 1.24 bits per heavy atom. The first-order chi connectivity index (χ1) is 9.58. The van der Waals surface area contributed by atoms with Crippen LogP contribution in [-0.2, 0) is 9.59 Å². The van der Waals surface area contributed by atoms with Crippen LogP contribution in [0, 0.1) is 5.41 Å². The molecule has 0 aromatic heterocycles. The van der Waals surface area contributed by atoms with E-state index < -0.39 is 16.9 Å². The zero-order chi connectivity index (χ0) is 16.3. The van der Waals surface area contributed by atoms with Crippen LogP contribution < -0.4 is 5.32 Å². The number of carbonyl (C=O) groups excluding carboxylic acids is 1. The van der Waals surface area contributed by atoms with Gasteiger partial charge in [0.1, 0.15) is 0 Å². The standard InChI is InChI=1S/C15H20ClNO3S/c1-14(2,13(19)20)15(3,4)17-12(18)9-21-11-8-6-5-7-10(11)16/h5-8H,9H2,1-4H3,(H,17,18)(H,19,20). The lowest BCUT2D eigenvalue weighted by atomic mass is 9.74. The van der Waals surface area contributed by atoms with Gasteiger partial charge in [0.15, 0.2) is 0 Å². The summed E-state index contributed by atoms with van der Waals surface area (Å²) in [6.45, 7) is 6.60. The molecule has 0 heterocycles. The smallest absolute Gasteiger partial charge is 0.311 e. The minimum absolute atomic E-state index is 0.183. The van der Waals surface area contributed by atoms with E-state index in [0.717, 1.165) is 4.90 Å². The van der Waals surface area contributed by atoms with Crippen LogP contribution in [0.4, 0.5) is 0 Å². The number of benzene rings is 1. The number of nitrogens with one attached hydrogen (secondary N) is 1. The zero-order valence-corrected chi connectivity index (χ0v) is 14.1. The molecule has 0 saturated heterocycles. The molecular weight excluding hydrogens is 310 g/mol. The van der Waals surface area contributed by atoms with E-state index in [1.54, 1.807) is 33.8 Å². The molecule has 0 aliphatic rings. The summed E-state index contributed by atoms with van der Waals surface area (Å²) in [5.41, 5.74) is -1.94. The average Bonchev–Trinajstić information content (AvgIpc) is 2.36. The Kier molecular flexibility index (Phi) is 5.70. The van der Waals surface area contributed by atoms with Crippen molar-refractivity contribution in [2.24, 2.45) is 5.41 Å². The molecule has 1 rings (SSSR count). The monoisotopic (exact) mass is 329 g/mol. The van der Waals surface area contributed by atoms with Crippen LogP contribution >= 0.6 is 23.4 Å². The fourth-order valence-corrected chi connectivity index (χ4v) is 2.55. The van der Waals surface area contributed by atoms with E-state index in [2.05, 4.69) is 5.32 Å². The largest absolute Gasteiger partial charge is 0.481 e. The van der Waals surface area contributed by atoms with Crippen molar-refractivity contribution in [1.82, 2.24) is 5.32 Å². The van der Waals surface area contributed by atoms with Gasteiger partial charge in [0, 0.05) is 10.4 Å². The number of thioether (sulfide) groups is 1. The predicted octanol–water partition coefficient (Wildman–Crippen LogP) is 3.44. The van der Waals surface area contributed by atoms with Gasteiger partial charge in [0.05, 0.1) is 16.2 Å². The summed E-state index contributed by atoms with van der Waals surface area (Å²) < 4.78 is 0. The third kappa shape index (κ3) is 4.38. The highest BCUT2D eigenvalue weighted by molar-refractivity contribution is 8.00. The molecule has 1 aromatic rings. The molecule has 2 N–H and O–H groups in total. The predicted molar refractivity (Wildman–Crippen MR) is 85.8 cm³/mol. The second kappa shape index (κ2) is 6.71. The number of carboxylic acid groups (broad SMARTS) is 1. The van der Waals surface area contributed by atoms with E-state index in [1.165, 1.54) is 11.8 Å². The van der Waals surface area contributed by atoms with Crippen LogP contribution in [0.3, 0.4) is 0 Å². The highest BCUT2D eigenvalue weighted by Crippen LogP contribution is 2.31. The zero-order valence-electron chi connectivity index (χ0n) is 12.6. The van der Waals surface area contributed by atoms with Crippen molar-refractivity contribution < 1.29 is 14.7 Å². The van der Waals surface area contributed by atoms with Crippen LogP contribution in [0.5, 0.6) is 0 Å². The molecule has 6 heteroatoms. The number of hydrogen-bond donors (Lipinski definition) is 2. The maximum atomic E-state index is 12.0. The molecule has 0 bridgehead atoms. The van der Waals surface area contributed by atoms with Gasteiger partial charge in [0.2, 0.25) is 5.91 Å². The van der Waals surface area contributed by atoms with E-state index in [4.69, 9.17) is 11.6 Å². The number of aliphatic carboxylic acids is 1. The second-order valence-corrected chi connectivity index (χ2v) is 7.25. The van der Waals surface area contributed by atoms with Gasteiger partial charge in [-0.3, -0.25) is 9.59 Å². The van der Waals surface area contributed by atoms with Crippen LogP contribution in [-0.4, -0.2) is 28.3 Å². The van der Waals surface area contributed by atoms with E-state index in [0.29, 0.717) is 5.02 Å². The fourth-order valence-electron chi connectivity index (χ4n) is 1.51. The third-order valence-corrected chi connectivity index (χ3v) is 5.26. The summed E-state index contributed by atoms with van der Waals surface area (Å²) in [5, 5.41) is 12.6. The Morgan fingerprint density at radius 2 is 1.81 bits per heavy atom. The third-order valence-electron chi connectivity index (χ3n) is 3.74. The number of carbonyl (C=O) groups is 2. The second-order valence-electron chi connectivity index (χ2n) is 5.82. The first-order valence-corrected chi connectivity index (χ1v) is 7.86. The summed E-state index contributed by atoms with van der Waals surface area (Å²) in [5.74, 6) is -0.992. The number of rotatable bonds is 6. The van der Waals surface area contributed by atoms with Crippen LogP contribution in [0.15, 0.2) is 29.2 Å². The first-order valence-electron chi connectivity index (χ1n) is 6.49. The SMILES string of the molecule is CC(C)(NC(=O)CSc1ccccc1Cl)C(C)(C)C(=O)O. The van der Waals surface area contributed by atoms with Crippen molar-refractivity contribution in [3.63, 3.8) is 0 Å². The number of halogens is 1. The molecule has 0 saturated carbocycles. The van der Waals surface area contributed by atoms with Gasteiger partial charge in [0.25, 0.3) is 0 Å². The fraction of sp³-hybridized carbons (Fsp3) is 0.467. The molecule has 4 nitrogen and oxygen atoms in total. The maximum absolute atomic E-state index is 12.0. The van der Waals surface area contributed by atoms with Gasteiger partial charge >= 0.3 is 5.97 Å². The van der Waals surface area contributed by atoms with Gasteiger partial charge in [-0.25, -0.2) is 0 Å². The number of amides is 1. The van der Waals surface area contributed by atoms with Crippen LogP contribution in [0.2, 0.25) is 5.02 Å². The molecule has 0 spiro atoms. The van der Waals surface area contributed by atoms with Gasteiger partial charge < -0.3 is 10.4 Å². The maximum Gasteiger partial charge on any atom is 0.311 e. The molecule has 0 aliphatic carbocycles. The highest BCUT2D eigenvalue weighted by atomic mass is 35.5. The highest BCUT2D eigenvalue weighted by Gasteiger charge is 2.44. The molecular formula is C15H20ClNO3S. The Balaban J connectivity index is 2.66. The minimum Gasteiger partial charge on any atom is -0.481 e. The topological polar surface area (TPSA) is 66.4 Å². The lowest BCUT2D eigenvalue weighted by Crippen LogP contribution is -2.57. The van der Waals surface area contributed by atoms with E-state index >= 15 is 0 Å². The summed E-state index contributed by atoms with van der Waals surface area (Å²) in [4.78, 5) is 24.2. The molecule has 0 atom stereocenters. The van der Waals surface area contributed by atoms with Crippen LogP contribution in [0.25, 0.3) is 0 Å². The molecule has 1 amide bonds. The first kappa shape index (κ1) is 17.9. The Hall–Kier alpha value is -1.20. The lowest BCUT2D eigenvalue weighted by molar-refractivity contribution is -0.151. The molecule has 0 aliphatic heterocycles. The Bertz CT molecular complexity index is 543. The minimum atomic E-state index is -1.07. The molecule has 1 aromatic carbocycles. The quantitative estimate of drug-likeness (QED) is 0.785. The van der Waals surface area contributed by atoms with Crippen molar-refractivity contribution in [3.8, 4) is 0 Å². The van der Waals surface area contributed by atoms with Crippen LogP contribution in [0.1, 0.15) is 27.7 Å². The van der Waals surface area contributed by atoms with E-state index in [-0.39, 0.29) is 11.7 Å². The van der Waals surface area contributed by atoms with E-state index in [9.17, 15) is 14.7 Å². The van der Waals surface area contributed by atoms with Crippen molar-refractivity contribution in [3.05, 3.63) is 29.3 Å². The van der Waals surface area contributed by atoms with Crippen molar-refractivity contribution in [2.45, 2.75) is 38.1 Å². The van der Waals surface area contributed by atoms with Gasteiger partial charge in [-0.05, 0) is 39.8 Å². The van der Waals surface area contributed by atoms with Crippen molar-refractivity contribution >= 4 is 35.2 Å². The lowest BCUT2D eigenvalue weighted by Gasteiger charge is -2.38.